The molecule has 2 aromatic carbocycles. The van der Waals surface area contributed by atoms with Gasteiger partial charge >= 0.3 is 0 Å². The molecule has 0 aromatic heterocycles. The normalized spacial score (nSPS) is 26.1. The summed E-state index contributed by atoms with van der Waals surface area (Å²) in [5, 5.41) is 10.1. The third-order valence-electron chi connectivity index (χ3n) is 6.58. The Kier molecular flexibility index (Phi) is 6.72. The van der Waals surface area contributed by atoms with Crippen LogP contribution in [0.25, 0.3) is 0 Å². The Labute approximate surface area is 191 Å². The molecule has 0 radical (unpaired) electrons. The highest BCUT2D eigenvalue weighted by Crippen LogP contribution is 2.49. The van der Waals surface area contributed by atoms with E-state index >= 15 is 0 Å². The second-order valence-electron chi connectivity index (χ2n) is 8.64. The molecule has 2 aliphatic rings. The second kappa shape index (κ2) is 9.51. The summed E-state index contributed by atoms with van der Waals surface area (Å²) in [6.45, 7) is 3.79. The highest BCUT2D eigenvalue weighted by Gasteiger charge is 2.56. The fraction of sp³-hybridized carbons (Fsp3) is 0.385. The van der Waals surface area contributed by atoms with Crippen LogP contribution in [0.2, 0.25) is 0 Å². The second-order valence-corrected chi connectivity index (χ2v) is 10.1. The van der Waals surface area contributed by atoms with Crippen molar-refractivity contribution in [3.05, 3.63) is 71.1 Å². The quantitative estimate of drug-likeness (QED) is 0.640. The SMILES string of the molecule is CCCC[C@H]1C(S(=O)c2ccc(C)cc2)=C[C@@H](CO)[C@H]2C(=O)N(c3ccccc3)C(=O)[C@H]21. The first-order valence-corrected chi connectivity index (χ1v) is 12.4. The first-order chi connectivity index (χ1) is 15.5. The van der Waals surface area contributed by atoms with Crippen LogP contribution >= 0.6 is 0 Å². The summed E-state index contributed by atoms with van der Waals surface area (Å²) in [6.07, 6.45) is 4.30. The molecule has 1 aliphatic carbocycles. The number of aliphatic hydroxyl groups excluding tert-OH is 1. The lowest BCUT2D eigenvalue weighted by atomic mass is 9.70. The Hall–Kier alpha value is -2.57. The van der Waals surface area contributed by atoms with E-state index in [1.807, 2.05) is 43.3 Å². The van der Waals surface area contributed by atoms with E-state index in [1.165, 1.54) is 4.90 Å². The molecule has 1 unspecified atom stereocenters. The van der Waals surface area contributed by atoms with Crippen LogP contribution in [-0.2, 0) is 20.4 Å². The first-order valence-electron chi connectivity index (χ1n) is 11.2. The fourth-order valence-corrected chi connectivity index (χ4v) is 6.44. The topological polar surface area (TPSA) is 74.7 Å². The van der Waals surface area contributed by atoms with E-state index in [-0.39, 0.29) is 24.3 Å². The van der Waals surface area contributed by atoms with E-state index in [4.69, 9.17) is 0 Å². The molecule has 4 rings (SSSR count). The van der Waals surface area contributed by atoms with Gasteiger partial charge in [-0.05, 0) is 37.6 Å². The number of allylic oxidation sites excluding steroid dienone is 1. The van der Waals surface area contributed by atoms with Crippen LogP contribution in [0.4, 0.5) is 5.69 Å². The monoisotopic (exact) mass is 451 g/mol. The number of carbonyl (C=O) groups is 2. The van der Waals surface area contributed by atoms with Crippen LogP contribution in [0.5, 0.6) is 0 Å². The molecule has 2 amide bonds. The lowest BCUT2D eigenvalue weighted by molar-refractivity contribution is -0.123. The number of aryl methyl sites for hydroxylation is 1. The van der Waals surface area contributed by atoms with E-state index < -0.39 is 28.6 Å². The Bertz CT molecular complexity index is 1050. The average Bonchev–Trinajstić information content (AvgIpc) is 3.08. The van der Waals surface area contributed by atoms with Gasteiger partial charge in [-0.3, -0.25) is 14.5 Å². The molecule has 0 saturated carbocycles. The number of fused-ring (bicyclic) bond motifs is 1. The number of hydrogen-bond donors (Lipinski definition) is 1. The highest BCUT2D eigenvalue weighted by atomic mass is 32.2. The minimum Gasteiger partial charge on any atom is -0.396 e. The molecule has 5 atom stereocenters. The van der Waals surface area contributed by atoms with Crippen LogP contribution in [-0.4, -0.2) is 27.7 Å². The standard InChI is InChI=1S/C26H29NO4S/c1-3-4-10-21-22(32(31)20-13-11-17(2)12-14-20)15-18(16-28)23-24(21)26(30)27(25(23)29)19-8-6-5-7-9-19/h5-9,11-15,18,21,23-24,28H,3-4,10,16H2,1-2H3/t18-,21-,23+,24-,32?/m0/s1. The van der Waals surface area contributed by atoms with Crippen molar-refractivity contribution in [2.24, 2.45) is 23.7 Å². The number of benzene rings is 2. The summed E-state index contributed by atoms with van der Waals surface area (Å²) in [4.78, 5) is 29.7. The fourth-order valence-electron chi connectivity index (χ4n) is 4.94. The number of unbranched alkanes of at least 4 members (excludes halogenated alkanes) is 1. The zero-order valence-corrected chi connectivity index (χ0v) is 19.3. The van der Waals surface area contributed by atoms with Crippen LogP contribution in [0, 0.1) is 30.6 Å². The molecular weight excluding hydrogens is 422 g/mol. The number of amides is 2. The van der Waals surface area contributed by atoms with Crippen molar-refractivity contribution in [2.45, 2.75) is 38.0 Å². The van der Waals surface area contributed by atoms with E-state index in [1.54, 1.807) is 24.3 Å². The van der Waals surface area contributed by atoms with Gasteiger partial charge < -0.3 is 5.11 Å². The smallest absolute Gasteiger partial charge is 0.238 e. The summed E-state index contributed by atoms with van der Waals surface area (Å²) >= 11 is 0. The lowest BCUT2D eigenvalue weighted by Gasteiger charge is -2.35. The molecule has 1 aliphatic heterocycles. The molecule has 32 heavy (non-hydrogen) atoms. The minimum atomic E-state index is -1.46. The minimum absolute atomic E-state index is 0.253. The zero-order chi connectivity index (χ0) is 22.8. The molecule has 1 fully saturated rings. The van der Waals surface area contributed by atoms with Crippen LogP contribution < -0.4 is 4.90 Å². The molecule has 1 saturated heterocycles. The number of para-hydroxylation sites is 1. The Morgan fingerprint density at radius 3 is 2.25 bits per heavy atom. The van der Waals surface area contributed by atoms with Crippen molar-refractivity contribution in [2.75, 3.05) is 11.5 Å². The predicted molar refractivity (Wildman–Crippen MR) is 125 cm³/mol. The van der Waals surface area contributed by atoms with Crippen LogP contribution in [0.3, 0.4) is 0 Å². The molecule has 1 N–H and O–H groups in total. The third-order valence-corrected chi connectivity index (χ3v) is 8.15. The summed E-state index contributed by atoms with van der Waals surface area (Å²) in [5.74, 6) is -2.60. The number of carbonyl (C=O) groups excluding carboxylic acids is 2. The molecule has 2 aromatic rings. The molecule has 6 heteroatoms. The van der Waals surface area contributed by atoms with E-state index in [0.717, 1.165) is 18.4 Å². The van der Waals surface area contributed by atoms with Gasteiger partial charge in [-0.1, -0.05) is 61.7 Å². The van der Waals surface area contributed by atoms with Gasteiger partial charge in [0.2, 0.25) is 11.8 Å². The molecule has 1 heterocycles. The first kappa shape index (κ1) is 22.6. The Balaban J connectivity index is 1.77. The maximum absolute atomic E-state index is 13.6. The van der Waals surface area contributed by atoms with Gasteiger partial charge in [-0.2, -0.15) is 0 Å². The number of aliphatic hydroxyl groups is 1. The van der Waals surface area contributed by atoms with Gasteiger partial charge in [0, 0.05) is 21.6 Å². The molecule has 0 spiro atoms. The van der Waals surface area contributed by atoms with Gasteiger partial charge in [0.15, 0.2) is 0 Å². The maximum atomic E-state index is 13.6. The van der Waals surface area contributed by atoms with E-state index in [9.17, 15) is 18.9 Å². The number of nitrogens with zero attached hydrogens (tertiary/aromatic N) is 1. The van der Waals surface area contributed by atoms with E-state index in [0.29, 0.717) is 21.9 Å². The summed E-state index contributed by atoms with van der Waals surface area (Å²) in [6, 6.07) is 16.5. The van der Waals surface area contributed by atoms with Crippen LogP contribution in [0.1, 0.15) is 31.7 Å². The van der Waals surface area contributed by atoms with Crippen molar-refractivity contribution in [3.8, 4) is 0 Å². The van der Waals surface area contributed by atoms with Crippen molar-refractivity contribution >= 4 is 28.3 Å². The highest BCUT2D eigenvalue weighted by molar-refractivity contribution is 7.89. The molecular formula is C26H29NO4S. The lowest BCUT2D eigenvalue weighted by Crippen LogP contribution is -2.38. The number of anilines is 1. The van der Waals surface area contributed by atoms with E-state index in [2.05, 4.69) is 6.92 Å². The molecule has 5 nitrogen and oxygen atoms in total. The molecule has 168 valence electrons. The van der Waals surface area contributed by atoms with Crippen LogP contribution in [0.15, 0.2) is 70.5 Å². The predicted octanol–water partition coefficient (Wildman–Crippen LogP) is 4.22. The average molecular weight is 452 g/mol. The number of hydrogen-bond acceptors (Lipinski definition) is 4. The van der Waals surface area contributed by atoms with Gasteiger partial charge in [-0.15, -0.1) is 0 Å². The van der Waals surface area contributed by atoms with Crippen molar-refractivity contribution in [3.63, 3.8) is 0 Å². The summed E-state index contributed by atoms with van der Waals surface area (Å²) in [7, 11) is -1.46. The van der Waals surface area contributed by atoms with Gasteiger partial charge in [0.25, 0.3) is 0 Å². The Morgan fingerprint density at radius 2 is 1.62 bits per heavy atom. The number of rotatable bonds is 7. The van der Waals surface area contributed by atoms with Crippen molar-refractivity contribution in [1.82, 2.24) is 0 Å². The Morgan fingerprint density at radius 1 is 0.969 bits per heavy atom. The van der Waals surface area contributed by atoms with Crippen molar-refractivity contribution in [1.29, 1.82) is 0 Å². The summed E-state index contributed by atoms with van der Waals surface area (Å²) in [5.41, 5.74) is 1.62. The van der Waals surface area contributed by atoms with Gasteiger partial charge in [0.05, 0.1) is 34.9 Å². The summed E-state index contributed by atoms with van der Waals surface area (Å²) < 4.78 is 13.6. The largest absolute Gasteiger partial charge is 0.396 e. The molecule has 0 bridgehead atoms. The zero-order valence-electron chi connectivity index (χ0n) is 18.4. The maximum Gasteiger partial charge on any atom is 0.238 e. The van der Waals surface area contributed by atoms with Gasteiger partial charge in [-0.25, -0.2) is 4.21 Å². The third kappa shape index (κ3) is 3.97. The van der Waals surface area contributed by atoms with Crippen molar-refractivity contribution < 1.29 is 18.9 Å². The number of imide groups is 1. The van der Waals surface area contributed by atoms with Gasteiger partial charge in [0.1, 0.15) is 0 Å².